The van der Waals surface area contributed by atoms with Gasteiger partial charge in [-0.2, -0.15) is 0 Å². The van der Waals surface area contributed by atoms with Gasteiger partial charge in [-0.15, -0.1) is 11.3 Å². The number of hydrogen-bond acceptors (Lipinski definition) is 6. The number of thiazole rings is 1. The minimum atomic E-state index is 0.00680. The van der Waals surface area contributed by atoms with Gasteiger partial charge in [0.25, 0.3) is 0 Å². The molecule has 2 aromatic heterocycles. The number of carbonyl (C=O) groups excluding carboxylic acids is 1. The molecule has 4 rings (SSSR count). The van der Waals surface area contributed by atoms with Crippen molar-refractivity contribution in [1.29, 1.82) is 0 Å². The summed E-state index contributed by atoms with van der Waals surface area (Å²) in [6.07, 6.45) is 8.50. The van der Waals surface area contributed by atoms with E-state index in [0.29, 0.717) is 13.0 Å². The zero-order chi connectivity index (χ0) is 19.4. The number of rotatable bonds is 6. The van der Waals surface area contributed by atoms with Crippen LogP contribution in [0.2, 0.25) is 0 Å². The largest absolute Gasteiger partial charge is 0.370 e. The normalized spacial score (nSPS) is 21.8. The topological polar surface area (TPSA) is 67.4 Å². The first-order valence-corrected chi connectivity index (χ1v) is 10.9. The summed E-state index contributed by atoms with van der Waals surface area (Å²) in [4.78, 5) is 23.2. The Labute approximate surface area is 170 Å². The van der Waals surface area contributed by atoms with Gasteiger partial charge in [-0.05, 0) is 44.2 Å². The van der Waals surface area contributed by atoms with Crippen LogP contribution in [0.25, 0.3) is 0 Å². The average molecular weight is 401 g/mol. The maximum atomic E-state index is 12.1. The van der Waals surface area contributed by atoms with Crippen molar-refractivity contribution in [3.63, 3.8) is 0 Å². The van der Waals surface area contributed by atoms with E-state index in [-0.39, 0.29) is 17.6 Å². The van der Waals surface area contributed by atoms with Gasteiger partial charge in [0.05, 0.1) is 28.8 Å². The molecule has 6 nitrogen and oxygen atoms in total. The highest BCUT2D eigenvalue weighted by Gasteiger charge is 2.42. The van der Waals surface area contributed by atoms with E-state index in [2.05, 4.69) is 26.3 Å². The van der Waals surface area contributed by atoms with Crippen molar-refractivity contribution in [3.05, 3.63) is 46.2 Å². The minimum Gasteiger partial charge on any atom is -0.370 e. The number of ether oxygens (including phenoxy) is 1. The van der Waals surface area contributed by atoms with E-state index in [9.17, 15) is 4.79 Å². The minimum absolute atomic E-state index is 0.00680. The number of amides is 1. The highest BCUT2D eigenvalue weighted by atomic mass is 32.1. The molecule has 0 radical (unpaired) electrons. The molecule has 0 saturated carbocycles. The number of carbonyl (C=O) groups is 1. The molecule has 28 heavy (non-hydrogen) atoms. The lowest BCUT2D eigenvalue weighted by atomic mass is 9.88. The first-order chi connectivity index (χ1) is 13.6. The Balaban J connectivity index is 1.19. The standard InChI is InChI=1S/C21H28N4O2S/c1-16-24-18(15-28-16)11-20(26)23-13-19-4-5-21(27-19)6-9-25(10-7-21)14-17-3-2-8-22-12-17/h2-3,8,12,15,19H,4-7,9-11,13-14H2,1H3,(H,23,26). The van der Waals surface area contributed by atoms with Crippen molar-refractivity contribution in [3.8, 4) is 0 Å². The van der Waals surface area contributed by atoms with E-state index in [4.69, 9.17) is 4.74 Å². The Morgan fingerprint density at radius 2 is 2.25 bits per heavy atom. The second-order valence-corrected chi connectivity index (χ2v) is 9.00. The number of nitrogens with one attached hydrogen (secondary N) is 1. The average Bonchev–Trinajstić information content (AvgIpc) is 3.29. The molecule has 0 aromatic carbocycles. The van der Waals surface area contributed by atoms with E-state index in [1.165, 1.54) is 5.56 Å². The van der Waals surface area contributed by atoms with Crippen molar-refractivity contribution in [1.82, 2.24) is 20.2 Å². The molecule has 2 saturated heterocycles. The van der Waals surface area contributed by atoms with E-state index in [0.717, 1.165) is 56.0 Å². The van der Waals surface area contributed by atoms with Gasteiger partial charge in [-0.1, -0.05) is 6.07 Å². The van der Waals surface area contributed by atoms with Gasteiger partial charge in [-0.3, -0.25) is 14.7 Å². The van der Waals surface area contributed by atoms with Crippen LogP contribution in [-0.2, 0) is 22.5 Å². The number of aromatic nitrogens is 2. The third-order valence-electron chi connectivity index (χ3n) is 5.77. The number of likely N-dealkylation sites (tertiary alicyclic amines) is 1. The number of aryl methyl sites for hydroxylation is 1. The summed E-state index contributed by atoms with van der Waals surface area (Å²) in [5.74, 6) is 0.0288. The fraction of sp³-hybridized carbons (Fsp3) is 0.571. The lowest BCUT2D eigenvalue weighted by molar-refractivity contribution is -0.122. The third kappa shape index (κ3) is 4.96. The zero-order valence-corrected chi connectivity index (χ0v) is 17.2. The Hall–Kier alpha value is -1.83. The second-order valence-electron chi connectivity index (χ2n) is 7.94. The quantitative estimate of drug-likeness (QED) is 0.808. The SMILES string of the molecule is Cc1nc(CC(=O)NCC2CCC3(CCN(Cc4cccnc4)CC3)O2)cs1. The van der Waals surface area contributed by atoms with Crippen LogP contribution in [0.15, 0.2) is 29.9 Å². The van der Waals surface area contributed by atoms with E-state index >= 15 is 0 Å². The lowest BCUT2D eigenvalue weighted by Crippen LogP contribution is -2.45. The molecule has 150 valence electrons. The van der Waals surface area contributed by atoms with Crippen LogP contribution in [0.3, 0.4) is 0 Å². The molecule has 1 N–H and O–H groups in total. The molecule has 1 unspecified atom stereocenters. The number of pyridine rings is 1. The van der Waals surface area contributed by atoms with Crippen LogP contribution in [0, 0.1) is 6.92 Å². The fourth-order valence-corrected chi connectivity index (χ4v) is 4.83. The molecule has 2 fully saturated rings. The summed E-state index contributed by atoms with van der Waals surface area (Å²) in [7, 11) is 0. The lowest BCUT2D eigenvalue weighted by Gasteiger charge is -2.39. The van der Waals surface area contributed by atoms with Crippen LogP contribution >= 0.6 is 11.3 Å². The van der Waals surface area contributed by atoms with Crippen molar-refractivity contribution in [2.45, 2.75) is 57.3 Å². The van der Waals surface area contributed by atoms with Crippen LogP contribution in [0.4, 0.5) is 0 Å². The van der Waals surface area contributed by atoms with Crippen molar-refractivity contribution in [2.75, 3.05) is 19.6 Å². The summed E-state index contributed by atoms with van der Waals surface area (Å²) in [5, 5.41) is 5.98. The predicted octanol–water partition coefficient (Wildman–Crippen LogP) is 2.72. The van der Waals surface area contributed by atoms with Gasteiger partial charge in [0.15, 0.2) is 0 Å². The zero-order valence-electron chi connectivity index (χ0n) is 16.4. The fourth-order valence-electron chi connectivity index (χ4n) is 4.22. The molecule has 1 atom stereocenters. The van der Waals surface area contributed by atoms with E-state index < -0.39 is 0 Å². The molecule has 7 heteroatoms. The summed E-state index contributed by atoms with van der Waals surface area (Å²) in [5.41, 5.74) is 2.12. The Kier molecular flexibility index (Phi) is 6.04. The molecule has 2 aromatic rings. The summed E-state index contributed by atoms with van der Waals surface area (Å²) in [6.45, 7) is 5.62. The number of nitrogens with zero attached hydrogens (tertiary/aromatic N) is 3. The van der Waals surface area contributed by atoms with E-state index in [1.807, 2.05) is 30.8 Å². The molecule has 1 spiro atoms. The molecular formula is C21H28N4O2S. The molecule has 1 amide bonds. The summed E-state index contributed by atoms with van der Waals surface area (Å²) < 4.78 is 6.43. The molecule has 2 aliphatic rings. The Morgan fingerprint density at radius 3 is 2.96 bits per heavy atom. The van der Waals surface area contributed by atoms with Crippen LogP contribution in [0.1, 0.15) is 41.9 Å². The summed E-state index contributed by atoms with van der Waals surface area (Å²) >= 11 is 1.58. The van der Waals surface area contributed by atoms with Gasteiger partial charge in [-0.25, -0.2) is 4.98 Å². The van der Waals surface area contributed by atoms with Gasteiger partial charge in [0.2, 0.25) is 5.91 Å². The van der Waals surface area contributed by atoms with Crippen molar-refractivity contribution >= 4 is 17.2 Å². The monoisotopic (exact) mass is 400 g/mol. The third-order valence-corrected chi connectivity index (χ3v) is 6.59. The Morgan fingerprint density at radius 1 is 1.39 bits per heavy atom. The molecule has 0 bridgehead atoms. The van der Waals surface area contributed by atoms with Crippen molar-refractivity contribution < 1.29 is 9.53 Å². The van der Waals surface area contributed by atoms with Gasteiger partial charge < -0.3 is 10.1 Å². The molecule has 0 aliphatic carbocycles. The highest BCUT2D eigenvalue weighted by Crippen LogP contribution is 2.38. The summed E-state index contributed by atoms with van der Waals surface area (Å²) in [6, 6.07) is 4.13. The van der Waals surface area contributed by atoms with E-state index in [1.54, 1.807) is 11.3 Å². The van der Waals surface area contributed by atoms with Gasteiger partial charge in [0, 0.05) is 44.0 Å². The first-order valence-electron chi connectivity index (χ1n) is 10.1. The van der Waals surface area contributed by atoms with Gasteiger partial charge >= 0.3 is 0 Å². The predicted molar refractivity (Wildman–Crippen MR) is 109 cm³/mol. The molecule has 4 heterocycles. The second kappa shape index (κ2) is 8.68. The first kappa shape index (κ1) is 19.5. The highest BCUT2D eigenvalue weighted by molar-refractivity contribution is 7.09. The Bertz CT molecular complexity index is 787. The van der Waals surface area contributed by atoms with Crippen LogP contribution in [-0.4, -0.2) is 52.1 Å². The van der Waals surface area contributed by atoms with Gasteiger partial charge in [0.1, 0.15) is 0 Å². The maximum absolute atomic E-state index is 12.1. The maximum Gasteiger partial charge on any atom is 0.226 e. The smallest absolute Gasteiger partial charge is 0.226 e. The van der Waals surface area contributed by atoms with Crippen LogP contribution < -0.4 is 5.32 Å². The van der Waals surface area contributed by atoms with Crippen LogP contribution in [0.5, 0.6) is 0 Å². The molecule has 2 aliphatic heterocycles. The van der Waals surface area contributed by atoms with Crippen molar-refractivity contribution in [2.24, 2.45) is 0 Å². The number of hydrogen-bond donors (Lipinski definition) is 1. The number of piperidine rings is 1. The molecular weight excluding hydrogens is 372 g/mol.